The van der Waals surface area contributed by atoms with Crippen LogP contribution in [0.15, 0.2) is 18.2 Å². The first-order valence-electron chi connectivity index (χ1n) is 5.62. The molecule has 1 N–H and O–H groups in total. The Morgan fingerprint density at radius 2 is 2.11 bits per heavy atom. The van der Waals surface area contributed by atoms with E-state index in [-0.39, 0.29) is 11.8 Å². The summed E-state index contributed by atoms with van der Waals surface area (Å²) in [6, 6.07) is 4.87. The Morgan fingerprint density at radius 1 is 1.44 bits per heavy atom. The fraction of sp³-hybridized carbons (Fsp3) is 0.500. The highest BCUT2D eigenvalue weighted by Crippen LogP contribution is 2.29. The van der Waals surface area contributed by atoms with E-state index in [9.17, 15) is 8.42 Å². The van der Waals surface area contributed by atoms with E-state index in [2.05, 4.69) is 5.32 Å². The van der Waals surface area contributed by atoms with Crippen LogP contribution in [0.5, 0.6) is 5.75 Å². The van der Waals surface area contributed by atoms with Crippen molar-refractivity contribution in [2.75, 3.05) is 25.7 Å². The zero-order valence-electron chi connectivity index (χ0n) is 10.7. The summed E-state index contributed by atoms with van der Waals surface area (Å²) >= 11 is 5.96. The Balaban J connectivity index is 3.15. The van der Waals surface area contributed by atoms with Gasteiger partial charge in [-0.25, -0.2) is 8.42 Å². The van der Waals surface area contributed by atoms with Gasteiger partial charge in [0.2, 0.25) is 0 Å². The van der Waals surface area contributed by atoms with Crippen molar-refractivity contribution in [3.05, 3.63) is 28.8 Å². The van der Waals surface area contributed by atoms with E-state index in [4.69, 9.17) is 16.3 Å². The van der Waals surface area contributed by atoms with Gasteiger partial charge in [0, 0.05) is 22.9 Å². The summed E-state index contributed by atoms with van der Waals surface area (Å²) in [6.07, 6.45) is 1.22. The molecular formula is C12H18ClNO3S. The molecule has 18 heavy (non-hydrogen) atoms. The summed E-state index contributed by atoms with van der Waals surface area (Å²) in [4.78, 5) is 0. The van der Waals surface area contributed by atoms with Gasteiger partial charge >= 0.3 is 0 Å². The van der Waals surface area contributed by atoms with E-state index in [1.165, 1.54) is 6.26 Å². The summed E-state index contributed by atoms with van der Waals surface area (Å²) in [7, 11) is -1.54. The summed E-state index contributed by atoms with van der Waals surface area (Å²) in [6.45, 7) is 2.59. The van der Waals surface area contributed by atoms with E-state index < -0.39 is 9.84 Å². The van der Waals surface area contributed by atoms with Crippen molar-refractivity contribution < 1.29 is 13.2 Å². The lowest BCUT2D eigenvalue weighted by Crippen LogP contribution is -2.28. The number of ether oxygens (including phenoxy) is 1. The van der Waals surface area contributed by atoms with Crippen LogP contribution < -0.4 is 10.1 Å². The summed E-state index contributed by atoms with van der Waals surface area (Å²) in [5, 5.41) is 3.70. The second-order valence-electron chi connectivity index (χ2n) is 4.09. The lowest BCUT2D eigenvalue weighted by atomic mass is 10.1. The molecule has 0 amide bonds. The Bertz CT molecular complexity index is 502. The van der Waals surface area contributed by atoms with Gasteiger partial charge in [0.15, 0.2) is 0 Å². The largest absolute Gasteiger partial charge is 0.496 e. The molecule has 0 radical (unpaired) electrons. The number of hydrogen-bond acceptors (Lipinski definition) is 4. The Morgan fingerprint density at radius 3 is 2.61 bits per heavy atom. The highest BCUT2D eigenvalue weighted by molar-refractivity contribution is 7.90. The third-order valence-corrected chi connectivity index (χ3v) is 3.66. The van der Waals surface area contributed by atoms with E-state index in [0.29, 0.717) is 17.3 Å². The number of sulfone groups is 1. The molecule has 1 aromatic rings. The number of rotatable bonds is 6. The second-order valence-corrected chi connectivity index (χ2v) is 6.71. The average Bonchev–Trinajstić information content (AvgIpc) is 2.26. The van der Waals surface area contributed by atoms with Crippen molar-refractivity contribution >= 4 is 21.4 Å². The SMILES string of the molecule is CCNC(CS(C)(=O)=O)c1cc(Cl)ccc1OC. The van der Waals surface area contributed by atoms with Crippen LogP contribution >= 0.6 is 11.6 Å². The van der Waals surface area contributed by atoms with Crippen LogP contribution in [0.3, 0.4) is 0 Å². The quantitative estimate of drug-likeness (QED) is 0.871. The zero-order valence-corrected chi connectivity index (χ0v) is 12.3. The van der Waals surface area contributed by atoms with Gasteiger partial charge in [-0.15, -0.1) is 0 Å². The normalized spacial score (nSPS) is 13.3. The molecule has 102 valence electrons. The molecule has 0 aliphatic carbocycles. The van der Waals surface area contributed by atoms with E-state index in [0.717, 1.165) is 5.56 Å². The van der Waals surface area contributed by atoms with Gasteiger partial charge in [-0.1, -0.05) is 18.5 Å². The molecule has 6 heteroatoms. The lowest BCUT2D eigenvalue weighted by Gasteiger charge is -2.20. The number of nitrogens with one attached hydrogen (secondary N) is 1. The molecule has 0 fully saturated rings. The highest BCUT2D eigenvalue weighted by Gasteiger charge is 2.20. The molecule has 0 aromatic heterocycles. The molecule has 1 aromatic carbocycles. The fourth-order valence-corrected chi connectivity index (χ4v) is 2.87. The van der Waals surface area contributed by atoms with Crippen LogP contribution in [-0.4, -0.2) is 34.1 Å². The molecule has 0 saturated carbocycles. The van der Waals surface area contributed by atoms with Gasteiger partial charge in [-0.05, 0) is 24.7 Å². The van der Waals surface area contributed by atoms with Crippen molar-refractivity contribution in [1.82, 2.24) is 5.32 Å². The van der Waals surface area contributed by atoms with Gasteiger partial charge in [0.05, 0.1) is 12.9 Å². The van der Waals surface area contributed by atoms with Gasteiger partial charge in [0.1, 0.15) is 15.6 Å². The number of halogens is 1. The van der Waals surface area contributed by atoms with Crippen LogP contribution in [0.25, 0.3) is 0 Å². The maximum Gasteiger partial charge on any atom is 0.149 e. The summed E-state index contributed by atoms with van der Waals surface area (Å²) in [5.41, 5.74) is 0.761. The molecule has 1 rings (SSSR count). The lowest BCUT2D eigenvalue weighted by molar-refractivity contribution is 0.402. The van der Waals surface area contributed by atoms with Crippen LogP contribution in [0.2, 0.25) is 5.02 Å². The second kappa shape index (κ2) is 6.41. The minimum atomic E-state index is -3.09. The first kappa shape index (κ1) is 15.3. The molecule has 0 aliphatic rings. The Labute approximate surface area is 113 Å². The third kappa shape index (κ3) is 4.48. The van der Waals surface area contributed by atoms with Gasteiger partial charge < -0.3 is 10.1 Å². The molecule has 0 spiro atoms. The third-order valence-electron chi connectivity index (χ3n) is 2.49. The molecular weight excluding hydrogens is 274 g/mol. The number of benzene rings is 1. The van der Waals surface area contributed by atoms with Crippen LogP contribution in [-0.2, 0) is 9.84 Å². The van der Waals surface area contributed by atoms with Crippen molar-refractivity contribution in [3.8, 4) is 5.75 Å². The summed E-state index contributed by atoms with van der Waals surface area (Å²) < 4.78 is 28.2. The van der Waals surface area contributed by atoms with Crippen molar-refractivity contribution in [2.45, 2.75) is 13.0 Å². The van der Waals surface area contributed by atoms with Crippen molar-refractivity contribution in [2.24, 2.45) is 0 Å². The molecule has 0 saturated heterocycles. The number of hydrogen-bond donors (Lipinski definition) is 1. The molecule has 1 atom stereocenters. The predicted octanol–water partition coefficient (Wildman–Crippen LogP) is 2.04. The zero-order chi connectivity index (χ0) is 13.8. The van der Waals surface area contributed by atoms with Crippen LogP contribution in [0.4, 0.5) is 0 Å². The van der Waals surface area contributed by atoms with E-state index in [1.54, 1.807) is 25.3 Å². The maximum absolute atomic E-state index is 11.5. The monoisotopic (exact) mass is 291 g/mol. The molecule has 0 aliphatic heterocycles. The highest BCUT2D eigenvalue weighted by atomic mass is 35.5. The van der Waals surface area contributed by atoms with Crippen LogP contribution in [0, 0.1) is 0 Å². The minimum Gasteiger partial charge on any atom is -0.496 e. The predicted molar refractivity (Wildman–Crippen MR) is 74.1 cm³/mol. The molecule has 0 heterocycles. The van der Waals surface area contributed by atoms with E-state index in [1.807, 2.05) is 6.92 Å². The Hall–Kier alpha value is -0.780. The van der Waals surface area contributed by atoms with Gasteiger partial charge in [-0.3, -0.25) is 0 Å². The van der Waals surface area contributed by atoms with Crippen molar-refractivity contribution in [3.63, 3.8) is 0 Å². The van der Waals surface area contributed by atoms with Gasteiger partial charge in [0.25, 0.3) is 0 Å². The molecule has 4 nitrogen and oxygen atoms in total. The van der Waals surface area contributed by atoms with Crippen molar-refractivity contribution in [1.29, 1.82) is 0 Å². The maximum atomic E-state index is 11.5. The van der Waals surface area contributed by atoms with E-state index >= 15 is 0 Å². The summed E-state index contributed by atoms with van der Waals surface area (Å²) in [5.74, 6) is 0.645. The Kier molecular flexibility index (Phi) is 5.44. The molecule has 0 bridgehead atoms. The fourth-order valence-electron chi connectivity index (χ4n) is 1.79. The topological polar surface area (TPSA) is 55.4 Å². The standard InChI is InChI=1S/C12H18ClNO3S/c1-4-14-11(8-18(3,15)16)10-7-9(13)5-6-12(10)17-2/h5-7,11,14H,4,8H2,1-3H3. The molecule has 1 unspecified atom stereocenters. The average molecular weight is 292 g/mol. The first-order chi connectivity index (χ1) is 8.37. The first-order valence-corrected chi connectivity index (χ1v) is 8.05. The van der Waals surface area contributed by atoms with Gasteiger partial charge in [-0.2, -0.15) is 0 Å². The van der Waals surface area contributed by atoms with Crippen LogP contribution in [0.1, 0.15) is 18.5 Å². The minimum absolute atomic E-state index is 0.0115. The smallest absolute Gasteiger partial charge is 0.149 e. The number of methoxy groups -OCH3 is 1.